The van der Waals surface area contributed by atoms with Crippen LogP contribution < -0.4 is 10.5 Å². The Kier molecular flexibility index (Phi) is 3.62. The van der Waals surface area contributed by atoms with Crippen LogP contribution in [0.4, 0.5) is 0 Å². The molecule has 0 spiro atoms. The number of halogens is 1. The predicted octanol–water partition coefficient (Wildman–Crippen LogP) is 4.06. The van der Waals surface area contributed by atoms with Crippen LogP contribution in [0.1, 0.15) is 17.0 Å². The number of rotatable bonds is 1. The standard InChI is InChI=1S/C19H12IN3O/c20-13-6-3-11(4-7-13)16-14-8-5-12-2-1-9-23-17(12)18(14)24-19(22)15(16)10-21/h1-9,16H,22H2. The van der Waals surface area contributed by atoms with Crippen LogP contribution in [0.2, 0.25) is 0 Å². The molecule has 24 heavy (non-hydrogen) atoms. The van der Waals surface area contributed by atoms with Crippen LogP contribution in [0, 0.1) is 14.9 Å². The van der Waals surface area contributed by atoms with E-state index < -0.39 is 0 Å². The van der Waals surface area contributed by atoms with Gasteiger partial charge in [-0.2, -0.15) is 5.26 Å². The summed E-state index contributed by atoms with van der Waals surface area (Å²) in [4.78, 5) is 4.43. The van der Waals surface area contributed by atoms with E-state index in [2.05, 4.69) is 33.6 Å². The van der Waals surface area contributed by atoms with Gasteiger partial charge in [0.15, 0.2) is 5.75 Å². The molecule has 0 saturated carbocycles. The smallest absolute Gasteiger partial charge is 0.205 e. The Morgan fingerprint density at radius 2 is 1.92 bits per heavy atom. The lowest BCUT2D eigenvalue weighted by molar-refractivity contribution is 0.397. The maximum absolute atomic E-state index is 9.60. The summed E-state index contributed by atoms with van der Waals surface area (Å²) in [6.45, 7) is 0. The molecule has 2 heterocycles. The van der Waals surface area contributed by atoms with Gasteiger partial charge >= 0.3 is 0 Å². The van der Waals surface area contributed by atoms with Crippen molar-refractivity contribution in [1.82, 2.24) is 4.98 Å². The van der Waals surface area contributed by atoms with E-state index in [9.17, 15) is 5.26 Å². The molecule has 4 rings (SSSR count). The first-order valence-electron chi connectivity index (χ1n) is 7.39. The number of aromatic nitrogens is 1. The van der Waals surface area contributed by atoms with Gasteiger partial charge in [-0.3, -0.25) is 4.98 Å². The van der Waals surface area contributed by atoms with Gasteiger partial charge < -0.3 is 10.5 Å². The SMILES string of the molecule is N#CC1=C(N)Oc2c(ccc3cccnc23)C1c1ccc(I)cc1. The van der Waals surface area contributed by atoms with Gasteiger partial charge in [0.25, 0.3) is 0 Å². The van der Waals surface area contributed by atoms with Crippen molar-refractivity contribution >= 4 is 33.5 Å². The number of hydrogen-bond donors (Lipinski definition) is 1. The van der Waals surface area contributed by atoms with Crippen LogP contribution in [-0.2, 0) is 0 Å². The zero-order valence-corrected chi connectivity index (χ0v) is 14.7. The number of ether oxygens (including phenoxy) is 1. The van der Waals surface area contributed by atoms with Gasteiger partial charge in [0, 0.05) is 20.7 Å². The van der Waals surface area contributed by atoms with E-state index in [0.717, 1.165) is 25.6 Å². The predicted molar refractivity (Wildman–Crippen MR) is 100 cm³/mol. The number of fused-ring (bicyclic) bond motifs is 3. The highest BCUT2D eigenvalue weighted by molar-refractivity contribution is 14.1. The number of allylic oxidation sites excluding steroid dienone is 1. The summed E-state index contributed by atoms with van der Waals surface area (Å²) >= 11 is 2.26. The highest BCUT2D eigenvalue weighted by atomic mass is 127. The summed E-state index contributed by atoms with van der Waals surface area (Å²) in [6.07, 6.45) is 1.73. The largest absolute Gasteiger partial charge is 0.438 e. The minimum absolute atomic E-state index is 0.145. The number of benzene rings is 2. The third-order valence-electron chi connectivity index (χ3n) is 4.16. The van der Waals surface area contributed by atoms with Gasteiger partial charge in [-0.15, -0.1) is 0 Å². The molecule has 1 aliphatic heterocycles. The molecule has 1 aromatic heterocycles. The molecule has 2 N–H and O–H groups in total. The second kappa shape index (κ2) is 5.80. The van der Waals surface area contributed by atoms with E-state index in [1.807, 2.05) is 48.5 Å². The lowest BCUT2D eigenvalue weighted by Crippen LogP contribution is -2.21. The molecule has 1 aliphatic rings. The van der Waals surface area contributed by atoms with Crippen molar-refractivity contribution in [2.24, 2.45) is 5.73 Å². The van der Waals surface area contributed by atoms with Crippen molar-refractivity contribution in [3.05, 3.63) is 80.9 Å². The zero-order valence-electron chi connectivity index (χ0n) is 12.5. The minimum Gasteiger partial charge on any atom is -0.438 e. The Morgan fingerprint density at radius 1 is 1.12 bits per heavy atom. The summed E-state index contributed by atoms with van der Waals surface area (Å²) < 4.78 is 6.93. The fourth-order valence-corrected chi connectivity index (χ4v) is 3.41. The summed E-state index contributed by atoms with van der Waals surface area (Å²) in [5.41, 5.74) is 9.16. The minimum atomic E-state index is -0.248. The van der Waals surface area contributed by atoms with Gasteiger partial charge in [0.1, 0.15) is 17.2 Å². The van der Waals surface area contributed by atoms with E-state index in [1.165, 1.54) is 0 Å². The van der Waals surface area contributed by atoms with Gasteiger partial charge in [0.2, 0.25) is 5.88 Å². The summed E-state index contributed by atoms with van der Waals surface area (Å²) in [5, 5.41) is 10.6. The van der Waals surface area contributed by atoms with Crippen LogP contribution in [0.5, 0.6) is 5.75 Å². The number of hydrogen-bond acceptors (Lipinski definition) is 4. The number of nitrogens with two attached hydrogens (primary N) is 1. The monoisotopic (exact) mass is 425 g/mol. The first-order chi connectivity index (χ1) is 11.7. The summed E-state index contributed by atoms with van der Waals surface area (Å²) in [7, 11) is 0. The van der Waals surface area contributed by atoms with Crippen molar-refractivity contribution in [3.8, 4) is 11.8 Å². The van der Waals surface area contributed by atoms with Crippen molar-refractivity contribution in [2.75, 3.05) is 0 Å². The fourth-order valence-electron chi connectivity index (χ4n) is 3.05. The van der Waals surface area contributed by atoms with E-state index in [0.29, 0.717) is 11.3 Å². The van der Waals surface area contributed by atoms with E-state index in [1.54, 1.807) is 6.20 Å². The number of nitriles is 1. The van der Waals surface area contributed by atoms with Crippen molar-refractivity contribution in [3.63, 3.8) is 0 Å². The highest BCUT2D eigenvalue weighted by Gasteiger charge is 2.31. The molecule has 1 unspecified atom stereocenters. The van der Waals surface area contributed by atoms with Crippen molar-refractivity contribution < 1.29 is 4.74 Å². The topological polar surface area (TPSA) is 71.9 Å². The van der Waals surface area contributed by atoms with E-state index in [4.69, 9.17) is 10.5 Å². The molecule has 0 bridgehead atoms. The van der Waals surface area contributed by atoms with Gasteiger partial charge in [-0.05, 0) is 46.4 Å². The number of pyridine rings is 1. The van der Waals surface area contributed by atoms with Gasteiger partial charge in [-0.1, -0.05) is 30.3 Å². The average molecular weight is 425 g/mol. The first-order valence-corrected chi connectivity index (χ1v) is 8.47. The normalized spacial score (nSPS) is 16.4. The molecule has 0 aliphatic carbocycles. The fraction of sp³-hybridized carbons (Fsp3) is 0.0526. The van der Waals surface area contributed by atoms with Crippen LogP contribution in [0.15, 0.2) is 66.2 Å². The van der Waals surface area contributed by atoms with Crippen molar-refractivity contribution in [2.45, 2.75) is 5.92 Å². The van der Waals surface area contributed by atoms with Crippen molar-refractivity contribution in [1.29, 1.82) is 5.26 Å². The third kappa shape index (κ3) is 2.31. The Morgan fingerprint density at radius 3 is 2.67 bits per heavy atom. The molecule has 116 valence electrons. The summed E-state index contributed by atoms with van der Waals surface area (Å²) in [5.74, 6) is 0.530. The maximum Gasteiger partial charge on any atom is 0.205 e. The lowest BCUT2D eigenvalue weighted by atomic mass is 9.83. The van der Waals surface area contributed by atoms with Crippen LogP contribution in [0.3, 0.4) is 0 Å². The summed E-state index contributed by atoms with van der Waals surface area (Å²) in [6, 6.07) is 18.2. The molecule has 3 aromatic rings. The Hall–Kier alpha value is -2.59. The lowest BCUT2D eigenvalue weighted by Gasteiger charge is -2.27. The molecule has 5 heteroatoms. The molecule has 0 fully saturated rings. The Balaban J connectivity index is 2.00. The Bertz CT molecular complexity index is 1020. The average Bonchev–Trinajstić information content (AvgIpc) is 2.61. The molecule has 4 nitrogen and oxygen atoms in total. The highest BCUT2D eigenvalue weighted by Crippen LogP contribution is 2.44. The molecule has 2 aromatic carbocycles. The second-order valence-corrected chi connectivity index (χ2v) is 6.78. The quantitative estimate of drug-likeness (QED) is 0.597. The third-order valence-corrected chi connectivity index (χ3v) is 4.88. The molecule has 0 amide bonds. The second-order valence-electron chi connectivity index (χ2n) is 5.54. The maximum atomic E-state index is 9.60. The molecule has 0 radical (unpaired) electrons. The Labute approximate surface area is 152 Å². The van der Waals surface area contributed by atoms with Crippen LogP contribution in [-0.4, -0.2) is 4.98 Å². The number of nitrogens with zero attached hydrogens (tertiary/aromatic N) is 2. The molecular weight excluding hydrogens is 413 g/mol. The van der Waals surface area contributed by atoms with Gasteiger partial charge in [-0.25, -0.2) is 0 Å². The van der Waals surface area contributed by atoms with Crippen LogP contribution in [0.25, 0.3) is 10.9 Å². The zero-order chi connectivity index (χ0) is 16.7. The van der Waals surface area contributed by atoms with Gasteiger partial charge in [0.05, 0.1) is 5.92 Å². The molecule has 1 atom stereocenters. The molecule has 0 saturated heterocycles. The van der Waals surface area contributed by atoms with Crippen LogP contribution >= 0.6 is 22.6 Å². The molecular formula is C19H12IN3O. The first kappa shape index (κ1) is 15.0. The van der Waals surface area contributed by atoms with E-state index >= 15 is 0 Å². The van der Waals surface area contributed by atoms with E-state index in [-0.39, 0.29) is 11.8 Å².